The number of rotatable bonds is 2. The molecule has 0 aromatic carbocycles. The SMILES string of the molecule is CC.COC(=O)/C=C/C1=CC=C(N)C=CC1. The highest BCUT2D eigenvalue weighted by molar-refractivity contribution is 5.82. The summed E-state index contributed by atoms with van der Waals surface area (Å²) in [5, 5.41) is 0. The van der Waals surface area contributed by atoms with Gasteiger partial charge in [0.05, 0.1) is 7.11 Å². The second kappa shape index (κ2) is 8.53. The van der Waals surface area contributed by atoms with E-state index in [1.54, 1.807) is 12.2 Å². The number of methoxy groups -OCH3 is 1. The molecule has 1 aliphatic carbocycles. The van der Waals surface area contributed by atoms with Crippen LogP contribution in [0, 0.1) is 0 Å². The van der Waals surface area contributed by atoms with Crippen LogP contribution in [0.5, 0.6) is 0 Å². The minimum atomic E-state index is -0.351. The minimum Gasteiger partial charge on any atom is -0.466 e. The van der Waals surface area contributed by atoms with Crippen LogP contribution < -0.4 is 5.73 Å². The fourth-order valence-corrected chi connectivity index (χ4v) is 1.02. The van der Waals surface area contributed by atoms with Crippen LogP contribution in [0.4, 0.5) is 0 Å². The van der Waals surface area contributed by atoms with Gasteiger partial charge in [0.25, 0.3) is 0 Å². The lowest BCUT2D eigenvalue weighted by molar-refractivity contribution is -0.134. The molecule has 2 N–H and O–H groups in total. The highest BCUT2D eigenvalue weighted by atomic mass is 16.5. The molecule has 0 spiro atoms. The summed E-state index contributed by atoms with van der Waals surface area (Å²) in [5.74, 6) is -0.351. The van der Waals surface area contributed by atoms with E-state index < -0.39 is 0 Å². The van der Waals surface area contributed by atoms with Crippen LogP contribution in [0.15, 0.2) is 47.7 Å². The van der Waals surface area contributed by atoms with E-state index in [4.69, 9.17) is 5.73 Å². The zero-order valence-electron chi connectivity index (χ0n) is 10.1. The van der Waals surface area contributed by atoms with Gasteiger partial charge in [-0.2, -0.15) is 0 Å². The fourth-order valence-electron chi connectivity index (χ4n) is 1.02. The zero-order valence-corrected chi connectivity index (χ0v) is 10.1. The monoisotopic (exact) mass is 221 g/mol. The summed E-state index contributed by atoms with van der Waals surface area (Å²) in [5.41, 5.74) is 7.33. The van der Waals surface area contributed by atoms with E-state index in [1.165, 1.54) is 13.2 Å². The lowest BCUT2D eigenvalue weighted by Crippen LogP contribution is -1.93. The van der Waals surface area contributed by atoms with Crippen molar-refractivity contribution < 1.29 is 9.53 Å². The van der Waals surface area contributed by atoms with Crippen LogP contribution in [-0.2, 0) is 9.53 Å². The van der Waals surface area contributed by atoms with Gasteiger partial charge in [0.2, 0.25) is 0 Å². The summed E-state index contributed by atoms with van der Waals surface area (Å²) in [4.78, 5) is 10.8. The Morgan fingerprint density at radius 2 is 2.12 bits per heavy atom. The maximum Gasteiger partial charge on any atom is 0.330 e. The fraction of sp³-hybridized carbons (Fsp3) is 0.308. The summed E-state index contributed by atoms with van der Waals surface area (Å²) in [6.45, 7) is 4.00. The van der Waals surface area contributed by atoms with Gasteiger partial charge in [-0.05, 0) is 24.1 Å². The number of carbonyl (C=O) groups excluding carboxylic acids is 1. The predicted molar refractivity (Wildman–Crippen MR) is 66.6 cm³/mol. The van der Waals surface area contributed by atoms with Gasteiger partial charge >= 0.3 is 5.97 Å². The van der Waals surface area contributed by atoms with Crippen molar-refractivity contribution in [3.63, 3.8) is 0 Å². The van der Waals surface area contributed by atoms with Crippen molar-refractivity contribution in [1.82, 2.24) is 0 Å². The normalized spacial score (nSPS) is 14.4. The highest BCUT2D eigenvalue weighted by Crippen LogP contribution is 2.10. The van der Waals surface area contributed by atoms with Crippen molar-refractivity contribution in [2.24, 2.45) is 5.73 Å². The van der Waals surface area contributed by atoms with Crippen molar-refractivity contribution >= 4 is 5.97 Å². The van der Waals surface area contributed by atoms with Crippen molar-refractivity contribution in [2.75, 3.05) is 7.11 Å². The minimum absolute atomic E-state index is 0.351. The number of allylic oxidation sites excluding steroid dienone is 6. The number of ether oxygens (including phenoxy) is 1. The highest BCUT2D eigenvalue weighted by Gasteiger charge is 1.95. The quantitative estimate of drug-likeness (QED) is 0.575. The van der Waals surface area contributed by atoms with E-state index in [9.17, 15) is 4.79 Å². The molecular weight excluding hydrogens is 202 g/mol. The third kappa shape index (κ3) is 5.86. The van der Waals surface area contributed by atoms with E-state index in [0.29, 0.717) is 5.70 Å². The molecule has 1 rings (SSSR count). The van der Waals surface area contributed by atoms with Gasteiger partial charge in [-0.25, -0.2) is 4.79 Å². The Morgan fingerprint density at radius 3 is 2.75 bits per heavy atom. The van der Waals surface area contributed by atoms with E-state index >= 15 is 0 Å². The van der Waals surface area contributed by atoms with Gasteiger partial charge in [0.1, 0.15) is 0 Å². The average Bonchev–Trinajstić information content (AvgIpc) is 2.53. The predicted octanol–water partition coefficient (Wildman–Crippen LogP) is 2.47. The third-order valence-corrected chi connectivity index (χ3v) is 1.79. The number of esters is 1. The van der Waals surface area contributed by atoms with Crippen LogP contribution in [-0.4, -0.2) is 13.1 Å². The summed E-state index contributed by atoms with van der Waals surface area (Å²) in [7, 11) is 1.35. The van der Waals surface area contributed by atoms with Gasteiger partial charge < -0.3 is 10.5 Å². The molecule has 0 aromatic heterocycles. The summed E-state index contributed by atoms with van der Waals surface area (Å²) >= 11 is 0. The molecular formula is C13H19NO2. The summed E-state index contributed by atoms with van der Waals surface area (Å²) in [6.07, 6.45) is 11.4. The largest absolute Gasteiger partial charge is 0.466 e. The molecule has 0 fully saturated rings. The summed E-state index contributed by atoms with van der Waals surface area (Å²) < 4.78 is 4.48. The Morgan fingerprint density at radius 1 is 1.44 bits per heavy atom. The van der Waals surface area contributed by atoms with Crippen LogP contribution >= 0.6 is 0 Å². The van der Waals surface area contributed by atoms with E-state index in [2.05, 4.69) is 4.74 Å². The molecule has 0 aromatic rings. The van der Waals surface area contributed by atoms with Gasteiger partial charge in [-0.3, -0.25) is 0 Å². The van der Waals surface area contributed by atoms with Crippen LogP contribution in [0.2, 0.25) is 0 Å². The first-order chi connectivity index (χ1) is 7.72. The van der Waals surface area contributed by atoms with Crippen LogP contribution in [0.3, 0.4) is 0 Å². The Kier molecular flexibility index (Phi) is 7.59. The van der Waals surface area contributed by atoms with Crippen LogP contribution in [0.1, 0.15) is 20.3 Å². The standard InChI is InChI=1S/C11H13NO2.C2H6/c1-14-11(13)8-6-9-3-2-4-10(12)7-5-9;1-2/h2,4-8H,3,12H2,1H3;1-2H3/b8-6+;. The van der Waals surface area contributed by atoms with E-state index in [1.807, 2.05) is 32.1 Å². The molecule has 0 heterocycles. The van der Waals surface area contributed by atoms with Crippen molar-refractivity contribution in [1.29, 1.82) is 0 Å². The molecule has 0 aliphatic heterocycles. The molecule has 0 saturated heterocycles. The van der Waals surface area contributed by atoms with Crippen molar-refractivity contribution in [3.8, 4) is 0 Å². The third-order valence-electron chi connectivity index (χ3n) is 1.79. The molecule has 0 amide bonds. The molecule has 3 heteroatoms. The molecule has 3 nitrogen and oxygen atoms in total. The first-order valence-corrected chi connectivity index (χ1v) is 5.31. The molecule has 0 saturated carbocycles. The van der Waals surface area contributed by atoms with Crippen LogP contribution in [0.25, 0.3) is 0 Å². The topological polar surface area (TPSA) is 52.3 Å². The van der Waals surface area contributed by atoms with Crippen molar-refractivity contribution in [3.05, 3.63) is 47.7 Å². The maximum absolute atomic E-state index is 10.8. The molecule has 0 radical (unpaired) electrons. The Labute approximate surface area is 97.0 Å². The summed E-state index contributed by atoms with van der Waals surface area (Å²) in [6, 6.07) is 0. The first-order valence-electron chi connectivity index (χ1n) is 5.31. The second-order valence-corrected chi connectivity index (χ2v) is 2.87. The van der Waals surface area contributed by atoms with E-state index in [-0.39, 0.29) is 5.97 Å². The van der Waals surface area contributed by atoms with Gasteiger partial charge in [-0.15, -0.1) is 0 Å². The number of hydrogen-bond acceptors (Lipinski definition) is 3. The molecule has 0 atom stereocenters. The Hall–Kier alpha value is -1.77. The van der Waals surface area contributed by atoms with Gasteiger partial charge in [0, 0.05) is 11.8 Å². The Balaban J connectivity index is 0.00000106. The van der Waals surface area contributed by atoms with E-state index in [0.717, 1.165) is 12.0 Å². The number of hydrogen-bond donors (Lipinski definition) is 1. The molecule has 16 heavy (non-hydrogen) atoms. The second-order valence-electron chi connectivity index (χ2n) is 2.87. The first kappa shape index (κ1) is 14.2. The van der Waals surface area contributed by atoms with Crippen molar-refractivity contribution in [2.45, 2.75) is 20.3 Å². The molecule has 0 bridgehead atoms. The maximum atomic E-state index is 10.8. The lowest BCUT2D eigenvalue weighted by atomic mass is 10.1. The zero-order chi connectivity index (χ0) is 12.4. The smallest absolute Gasteiger partial charge is 0.330 e. The van der Waals surface area contributed by atoms with Gasteiger partial charge in [0.15, 0.2) is 0 Å². The van der Waals surface area contributed by atoms with Gasteiger partial charge in [-0.1, -0.05) is 32.1 Å². The molecule has 88 valence electrons. The molecule has 1 aliphatic rings. The number of nitrogens with two attached hydrogens (primary N) is 1. The lowest BCUT2D eigenvalue weighted by Gasteiger charge is -1.94. The average molecular weight is 221 g/mol. The Bertz CT molecular complexity index is 336. The molecule has 0 unspecified atom stereocenters. The number of carbonyl (C=O) groups is 1.